The molecule has 0 spiro atoms. The first kappa shape index (κ1) is 10.1. The topological polar surface area (TPSA) is 18.5 Å². The lowest BCUT2D eigenvalue weighted by Gasteiger charge is -2.38. The lowest BCUT2D eigenvalue weighted by molar-refractivity contribution is -0.00966. The van der Waals surface area contributed by atoms with Crippen molar-refractivity contribution in [1.29, 1.82) is 0 Å². The summed E-state index contributed by atoms with van der Waals surface area (Å²) < 4.78 is 9.99. The molecule has 0 bridgehead atoms. The second kappa shape index (κ2) is 3.65. The van der Waals surface area contributed by atoms with Crippen LogP contribution in [0.5, 0.6) is 5.75 Å². The van der Waals surface area contributed by atoms with Gasteiger partial charge >= 0.3 is 0 Å². The Kier molecular flexibility index (Phi) is 2.64. The van der Waals surface area contributed by atoms with Crippen LogP contribution in [0.3, 0.4) is 0 Å². The first-order valence-electron chi connectivity index (χ1n) is 4.30. The van der Waals surface area contributed by atoms with Gasteiger partial charge in [-0.15, -0.1) is 0 Å². The van der Waals surface area contributed by atoms with Crippen LogP contribution in [0, 0.1) is 0 Å². The maximum absolute atomic E-state index is 6.12. The summed E-state index contributed by atoms with van der Waals surface area (Å²) >= 11 is 10.7. The molecule has 4 heteroatoms. The van der Waals surface area contributed by atoms with Crippen molar-refractivity contribution in [2.45, 2.75) is 4.75 Å². The molecule has 1 aromatic rings. The number of halogens is 1. The minimum absolute atomic E-state index is 0.219. The average molecular weight is 231 g/mol. The smallest absolute Gasteiger partial charge is 0.120 e. The quantitative estimate of drug-likeness (QED) is 0.787. The molecule has 76 valence electrons. The maximum Gasteiger partial charge on any atom is 0.120 e. The summed E-state index contributed by atoms with van der Waals surface area (Å²) in [6.45, 7) is 1.23. The van der Waals surface area contributed by atoms with Crippen molar-refractivity contribution in [3.05, 3.63) is 28.8 Å². The minimum Gasteiger partial charge on any atom is -0.497 e. The molecule has 0 atom stereocenters. The van der Waals surface area contributed by atoms with E-state index in [1.165, 1.54) is 0 Å². The number of benzene rings is 1. The number of thiol groups is 1. The molecule has 1 aromatic carbocycles. The summed E-state index contributed by atoms with van der Waals surface area (Å²) in [7, 11) is 1.62. The van der Waals surface area contributed by atoms with Gasteiger partial charge in [0, 0.05) is 5.02 Å². The highest BCUT2D eigenvalue weighted by atomic mass is 35.5. The molecule has 14 heavy (non-hydrogen) atoms. The molecule has 0 saturated carbocycles. The third-order valence-corrected chi connectivity index (χ3v) is 3.17. The van der Waals surface area contributed by atoms with Gasteiger partial charge in [0.1, 0.15) is 5.75 Å². The first-order valence-corrected chi connectivity index (χ1v) is 5.12. The Morgan fingerprint density at radius 3 is 2.64 bits per heavy atom. The average Bonchev–Trinajstić information content (AvgIpc) is 2.14. The van der Waals surface area contributed by atoms with Gasteiger partial charge in [-0.25, -0.2) is 0 Å². The van der Waals surface area contributed by atoms with Crippen LogP contribution in [0.1, 0.15) is 5.56 Å². The van der Waals surface area contributed by atoms with Crippen LogP contribution in [-0.4, -0.2) is 20.3 Å². The van der Waals surface area contributed by atoms with Gasteiger partial charge in [-0.2, -0.15) is 12.6 Å². The van der Waals surface area contributed by atoms with Crippen LogP contribution in [-0.2, 0) is 9.48 Å². The predicted molar refractivity (Wildman–Crippen MR) is 59.5 cm³/mol. The third kappa shape index (κ3) is 1.60. The van der Waals surface area contributed by atoms with Crippen molar-refractivity contribution >= 4 is 24.2 Å². The molecule has 0 radical (unpaired) electrons. The highest BCUT2D eigenvalue weighted by Crippen LogP contribution is 2.40. The van der Waals surface area contributed by atoms with Crippen molar-refractivity contribution < 1.29 is 9.47 Å². The van der Waals surface area contributed by atoms with E-state index in [0.29, 0.717) is 18.2 Å². The van der Waals surface area contributed by atoms with E-state index < -0.39 is 0 Å². The van der Waals surface area contributed by atoms with E-state index in [2.05, 4.69) is 12.6 Å². The van der Waals surface area contributed by atoms with Crippen molar-refractivity contribution in [2.75, 3.05) is 20.3 Å². The largest absolute Gasteiger partial charge is 0.497 e. The SMILES string of the molecule is COc1ccc(C2(S)COC2)c(Cl)c1. The molecule has 1 aliphatic heterocycles. The van der Waals surface area contributed by atoms with E-state index >= 15 is 0 Å². The van der Waals surface area contributed by atoms with Crippen LogP contribution >= 0.6 is 24.2 Å². The number of rotatable bonds is 2. The highest BCUT2D eigenvalue weighted by molar-refractivity contribution is 7.81. The first-order chi connectivity index (χ1) is 6.65. The van der Waals surface area contributed by atoms with E-state index in [4.69, 9.17) is 21.1 Å². The fourth-order valence-electron chi connectivity index (χ4n) is 1.45. The number of hydrogen-bond donors (Lipinski definition) is 1. The van der Waals surface area contributed by atoms with Gasteiger partial charge < -0.3 is 9.47 Å². The van der Waals surface area contributed by atoms with Gasteiger partial charge in [0.25, 0.3) is 0 Å². The Labute approximate surface area is 93.6 Å². The summed E-state index contributed by atoms with van der Waals surface area (Å²) in [6, 6.07) is 5.63. The van der Waals surface area contributed by atoms with Crippen LogP contribution in [0.25, 0.3) is 0 Å². The molecule has 0 unspecified atom stereocenters. The molecule has 0 N–H and O–H groups in total. The van der Waals surface area contributed by atoms with Crippen molar-refractivity contribution in [2.24, 2.45) is 0 Å². The fraction of sp³-hybridized carbons (Fsp3) is 0.400. The van der Waals surface area contributed by atoms with Gasteiger partial charge in [-0.3, -0.25) is 0 Å². The van der Waals surface area contributed by atoms with Crippen LogP contribution in [0.15, 0.2) is 18.2 Å². The molecule has 1 fully saturated rings. The second-order valence-electron chi connectivity index (χ2n) is 3.37. The standard InChI is InChI=1S/C10H11ClO2S/c1-12-7-2-3-8(9(11)4-7)10(14)5-13-6-10/h2-4,14H,5-6H2,1H3. The summed E-state index contributed by atoms with van der Waals surface area (Å²) in [5.74, 6) is 0.760. The van der Waals surface area contributed by atoms with Gasteiger partial charge in [0.15, 0.2) is 0 Å². The maximum atomic E-state index is 6.12. The van der Waals surface area contributed by atoms with E-state index in [1.54, 1.807) is 13.2 Å². The number of methoxy groups -OCH3 is 1. The Bertz CT molecular complexity index is 350. The van der Waals surface area contributed by atoms with Gasteiger partial charge in [-0.1, -0.05) is 17.7 Å². The number of ether oxygens (including phenoxy) is 2. The molecular formula is C10H11ClO2S. The monoisotopic (exact) mass is 230 g/mol. The zero-order valence-corrected chi connectivity index (χ0v) is 9.44. The Balaban J connectivity index is 2.35. The molecule has 0 amide bonds. The molecule has 1 aliphatic rings. The van der Waals surface area contributed by atoms with Crippen LogP contribution in [0.2, 0.25) is 5.02 Å². The number of hydrogen-bond acceptors (Lipinski definition) is 3. The lowest BCUT2D eigenvalue weighted by atomic mass is 9.96. The summed E-state index contributed by atoms with van der Waals surface area (Å²) in [5, 5.41) is 0.683. The van der Waals surface area contributed by atoms with Crippen LogP contribution < -0.4 is 4.74 Å². The van der Waals surface area contributed by atoms with Crippen molar-refractivity contribution in [3.8, 4) is 5.75 Å². The molecular weight excluding hydrogens is 220 g/mol. The second-order valence-corrected chi connectivity index (χ2v) is 4.63. The Morgan fingerprint density at radius 2 is 2.21 bits per heavy atom. The van der Waals surface area contributed by atoms with Gasteiger partial charge in [-0.05, 0) is 17.7 Å². The zero-order valence-electron chi connectivity index (χ0n) is 7.79. The summed E-state index contributed by atoms with van der Waals surface area (Å²) in [5.41, 5.74) is 1.01. The fourth-order valence-corrected chi connectivity index (χ4v) is 2.25. The normalized spacial score (nSPS) is 18.8. The highest BCUT2D eigenvalue weighted by Gasteiger charge is 2.38. The van der Waals surface area contributed by atoms with E-state index in [9.17, 15) is 0 Å². The molecule has 0 aromatic heterocycles. The Hall–Kier alpha value is -0.380. The zero-order chi connectivity index (χ0) is 10.2. The lowest BCUT2D eigenvalue weighted by Crippen LogP contribution is -2.41. The molecule has 1 saturated heterocycles. The van der Waals surface area contributed by atoms with Crippen LogP contribution in [0.4, 0.5) is 0 Å². The van der Waals surface area contributed by atoms with Crippen molar-refractivity contribution in [3.63, 3.8) is 0 Å². The third-order valence-electron chi connectivity index (χ3n) is 2.36. The Morgan fingerprint density at radius 1 is 1.50 bits per heavy atom. The van der Waals surface area contributed by atoms with E-state index in [0.717, 1.165) is 11.3 Å². The predicted octanol–water partition coefficient (Wildman–Crippen LogP) is 2.50. The van der Waals surface area contributed by atoms with Crippen molar-refractivity contribution in [1.82, 2.24) is 0 Å². The molecule has 0 aliphatic carbocycles. The molecule has 1 heterocycles. The van der Waals surface area contributed by atoms with E-state index in [1.807, 2.05) is 12.1 Å². The van der Waals surface area contributed by atoms with Gasteiger partial charge in [0.05, 0.1) is 25.1 Å². The van der Waals surface area contributed by atoms with Gasteiger partial charge in [0.2, 0.25) is 0 Å². The molecule has 2 nitrogen and oxygen atoms in total. The minimum atomic E-state index is -0.219. The molecule has 2 rings (SSSR count). The summed E-state index contributed by atoms with van der Waals surface area (Å²) in [6.07, 6.45) is 0. The van der Waals surface area contributed by atoms with E-state index in [-0.39, 0.29) is 4.75 Å². The summed E-state index contributed by atoms with van der Waals surface area (Å²) in [4.78, 5) is 0.